The second-order valence-corrected chi connectivity index (χ2v) is 7.92. The number of aromatic amines is 2. The highest BCUT2D eigenvalue weighted by Gasteiger charge is 2.33. The Morgan fingerprint density at radius 3 is 1.77 bits per heavy atom. The molecular weight excluding hydrogens is 380 g/mol. The fourth-order valence-corrected chi connectivity index (χ4v) is 3.56. The zero-order valence-corrected chi connectivity index (χ0v) is 17.5. The number of hydrogen-bond donors (Lipinski definition) is 4. The number of nitrogens with zero attached hydrogens (tertiary/aromatic N) is 2. The predicted molar refractivity (Wildman–Crippen MR) is 113 cm³/mol. The molecule has 2 unspecified atom stereocenters. The van der Waals surface area contributed by atoms with Crippen LogP contribution in [0.1, 0.15) is 62.4 Å². The molecule has 0 fully saturated rings. The van der Waals surface area contributed by atoms with E-state index in [4.69, 9.17) is 0 Å². The lowest BCUT2D eigenvalue weighted by molar-refractivity contribution is -0.125. The van der Waals surface area contributed by atoms with Crippen molar-refractivity contribution in [3.63, 3.8) is 0 Å². The first kappa shape index (κ1) is 21.3. The summed E-state index contributed by atoms with van der Waals surface area (Å²) in [5, 5.41) is 19.4. The minimum absolute atomic E-state index is 0.120. The molecule has 1 aromatic carbocycles. The smallest absolute Gasteiger partial charge is 0.221 e. The molecule has 3 aromatic rings. The van der Waals surface area contributed by atoms with Crippen LogP contribution in [0, 0.1) is 0 Å². The van der Waals surface area contributed by atoms with Gasteiger partial charge in [-0.25, -0.2) is 0 Å². The standard InChI is InChI=1S/C22H28N6O2/c1-15(17-11-23-24-12-17)27-20(29)9-22(3,19-7-5-4-6-8-19)10-21(30)28-16(2)18-13-25-26-14-18/h4-8,11-16H,9-10H2,1-3H3,(H,23,24)(H,25,26)(H,27,29)(H,28,30). The largest absolute Gasteiger partial charge is 0.349 e. The lowest BCUT2D eigenvalue weighted by Gasteiger charge is -2.30. The molecule has 0 aliphatic heterocycles. The Morgan fingerprint density at radius 1 is 0.900 bits per heavy atom. The van der Waals surface area contributed by atoms with Crippen molar-refractivity contribution in [1.29, 1.82) is 0 Å². The number of aromatic nitrogens is 4. The second kappa shape index (κ2) is 9.39. The summed E-state index contributed by atoms with van der Waals surface area (Å²) in [5.41, 5.74) is 2.09. The van der Waals surface area contributed by atoms with Crippen molar-refractivity contribution in [3.05, 3.63) is 71.8 Å². The Bertz CT molecular complexity index is 881. The molecule has 0 saturated carbocycles. The van der Waals surface area contributed by atoms with E-state index in [0.717, 1.165) is 16.7 Å². The molecule has 2 aromatic heterocycles. The second-order valence-electron chi connectivity index (χ2n) is 7.92. The van der Waals surface area contributed by atoms with Crippen LogP contribution in [-0.2, 0) is 15.0 Å². The van der Waals surface area contributed by atoms with Gasteiger partial charge in [0.25, 0.3) is 0 Å². The van der Waals surface area contributed by atoms with Crippen LogP contribution < -0.4 is 10.6 Å². The molecule has 3 rings (SSSR count). The van der Waals surface area contributed by atoms with Crippen molar-refractivity contribution in [2.45, 2.75) is 51.1 Å². The zero-order valence-electron chi connectivity index (χ0n) is 17.5. The van der Waals surface area contributed by atoms with Gasteiger partial charge in [-0.3, -0.25) is 19.8 Å². The molecule has 30 heavy (non-hydrogen) atoms. The molecule has 0 saturated heterocycles. The number of carbonyl (C=O) groups is 2. The van der Waals surface area contributed by atoms with Gasteiger partial charge >= 0.3 is 0 Å². The van der Waals surface area contributed by atoms with Gasteiger partial charge in [0.15, 0.2) is 0 Å². The minimum atomic E-state index is -0.651. The van der Waals surface area contributed by atoms with Gasteiger partial charge in [-0.15, -0.1) is 0 Å². The van der Waals surface area contributed by atoms with Crippen LogP contribution in [0.2, 0.25) is 0 Å². The van der Waals surface area contributed by atoms with Crippen LogP contribution >= 0.6 is 0 Å². The van der Waals surface area contributed by atoms with Gasteiger partial charge in [0.05, 0.1) is 24.5 Å². The lowest BCUT2D eigenvalue weighted by atomic mass is 9.76. The maximum atomic E-state index is 12.8. The summed E-state index contributed by atoms with van der Waals surface area (Å²) in [5.74, 6) is -0.239. The van der Waals surface area contributed by atoms with Crippen LogP contribution in [0.3, 0.4) is 0 Å². The van der Waals surface area contributed by atoms with Gasteiger partial charge in [0.1, 0.15) is 0 Å². The number of carbonyl (C=O) groups excluding carboxylic acids is 2. The van der Waals surface area contributed by atoms with E-state index in [1.807, 2.05) is 51.1 Å². The van der Waals surface area contributed by atoms with E-state index < -0.39 is 5.41 Å². The van der Waals surface area contributed by atoms with Gasteiger partial charge in [0, 0.05) is 41.8 Å². The molecule has 0 bridgehead atoms. The third kappa shape index (κ3) is 5.34. The van der Waals surface area contributed by atoms with Gasteiger partial charge in [-0.1, -0.05) is 37.3 Å². The highest BCUT2D eigenvalue weighted by Crippen LogP contribution is 2.32. The first-order valence-corrected chi connectivity index (χ1v) is 9.99. The summed E-state index contributed by atoms with van der Waals surface area (Å²) in [4.78, 5) is 25.7. The number of H-pyrrole nitrogens is 2. The van der Waals surface area contributed by atoms with E-state index >= 15 is 0 Å². The molecule has 2 heterocycles. The molecule has 0 spiro atoms. The van der Waals surface area contributed by atoms with E-state index in [1.54, 1.807) is 24.8 Å². The monoisotopic (exact) mass is 408 g/mol. The molecular formula is C22H28N6O2. The molecule has 0 aliphatic rings. The molecule has 8 nitrogen and oxygen atoms in total. The first-order valence-electron chi connectivity index (χ1n) is 9.99. The van der Waals surface area contributed by atoms with E-state index in [-0.39, 0.29) is 36.7 Å². The van der Waals surface area contributed by atoms with E-state index in [0.29, 0.717) is 0 Å². The van der Waals surface area contributed by atoms with Crippen molar-refractivity contribution in [3.8, 4) is 0 Å². The first-order chi connectivity index (χ1) is 14.4. The number of hydrogen-bond acceptors (Lipinski definition) is 4. The number of nitrogens with one attached hydrogen (secondary N) is 4. The van der Waals surface area contributed by atoms with Gasteiger partial charge in [-0.2, -0.15) is 10.2 Å². The number of rotatable bonds is 9. The zero-order chi connectivity index (χ0) is 21.6. The average molecular weight is 409 g/mol. The molecule has 158 valence electrons. The quantitative estimate of drug-likeness (QED) is 0.436. The summed E-state index contributed by atoms with van der Waals surface area (Å²) < 4.78 is 0. The van der Waals surface area contributed by atoms with Crippen molar-refractivity contribution in [1.82, 2.24) is 31.0 Å². The van der Waals surface area contributed by atoms with Gasteiger partial charge in [-0.05, 0) is 19.4 Å². The Morgan fingerprint density at radius 2 is 1.37 bits per heavy atom. The van der Waals surface area contributed by atoms with Crippen LogP contribution in [0.4, 0.5) is 0 Å². The predicted octanol–water partition coefficient (Wildman–Crippen LogP) is 2.93. The van der Waals surface area contributed by atoms with Gasteiger partial charge in [0.2, 0.25) is 11.8 Å². The maximum Gasteiger partial charge on any atom is 0.221 e. The summed E-state index contributed by atoms with van der Waals surface area (Å²) in [7, 11) is 0. The Kier molecular flexibility index (Phi) is 6.66. The molecule has 2 amide bonds. The SMILES string of the molecule is CC(NC(=O)CC(C)(CC(=O)NC(C)c1cn[nH]c1)c1ccccc1)c1cn[nH]c1. The van der Waals surface area contributed by atoms with Crippen molar-refractivity contribution in [2.75, 3.05) is 0 Å². The average Bonchev–Trinajstić information content (AvgIpc) is 3.42. The van der Waals surface area contributed by atoms with Crippen molar-refractivity contribution < 1.29 is 9.59 Å². The van der Waals surface area contributed by atoms with E-state index in [1.165, 1.54) is 0 Å². The minimum Gasteiger partial charge on any atom is -0.349 e. The third-order valence-corrected chi connectivity index (χ3v) is 5.37. The Labute approximate surface area is 175 Å². The van der Waals surface area contributed by atoms with Crippen LogP contribution in [-0.4, -0.2) is 32.2 Å². The van der Waals surface area contributed by atoms with Crippen LogP contribution in [0.25, 0.3) is 0 Å². The normalized spacial score (nSPS) is 15.0. The van der Waals surface area contributed by atoms with Crippen LogP contribution in [0.15, 0.2) is 55.1 Å². The highest BCUT2D eigenvalue weighted by molar-refractivity contribution is 5.82. The lowest BCUT2D eigenvalue weighted by Crippen LogP contribution is -2.38. The molecule has 8 heteroatoms. The van der Waals surface area contributed by atoms with E-state index in [9.17, 15) is 9.59 Å². The van der Waals surface area contributed by atoms with Crippen molar-refractivity contribution in [2.24, 2.45) is 0 Å². The molecule has 0 aliphatic carbocycles. The molecule has 4 N–H and O–H groups in total. The fraction of sp³-hybridized carbons (Fsp3) is 0.364. The summed E-state index contributed by atoms with van der Waals surface area (Å²) in [6.07, 6.45) is 7.26. The van der Waals surface area contributed by atoms with Gasteiger partial charge < -0.3 is 10.6 Å². The summed E-state index contributed by atoms with van der Waals surface area (Å²) >= 11 is 0. The summed E-state index contributed by atoms with van der Waals surface area (Å²) in [6.45, 7) is 5.76. The topological polar surface area (TPSA) is 116 Å². The highest BCUT2D eigenvalue weighted by atomic mass is 16.2. The van der Waals surface area contributed by atoms with Crippen LogP contribution in [0.5, 0.6) is 0 Å². The fourth-order valence-electron chi connectivity index (χ4n) is 3.56. The molecule has 0 radical (unpaired) electrons. The third-order valence-electron chi connectivity index (χ3n) is 5.37. The van der Waals surface area contributed by atoms with Crippen molar-refractivity contribution >= 4 is 11.8 Å². The van der Waals surface area contributed by atoms with E-state index in [2.05, 4.69) is 31.0 Å². The molecule has 2 atom stereocenters. The maximum absolute atomic E-state index is 12.8. The Hall–Kier alpha value is -3.42. The Balaban J connectivity index is 1.71. The number of amides is 2. The number of benzene rings is 1. The summed E-state index contributed by atoms with van der Waals surface area (Å²) in [6, 6.07) is 9.33.